The monoisotopic (exact) mass is 431 g/mol. The summed E-state index contributed by atoms with van der Waals surface area (Å²) in [5.74, 6) is 1.13. The van der Waals surface area contributed by atoms with Crippen molar-refractivity contribution in [2.45, 2.75) is 25.3 Å². The van der Waals surface area contributed by atoms with Crippen LogP contribution in [0.1, 0.15) is 27.4 Å². The number of aryl methyl sites for hydroxylation is 2. The van der Waals surface area contributed by atoms with Crippen LogP contribution in [-0.4, -0.2) is 26.6 Å². The average molecular weight is 431 g/mol. The third-order valence-corrected chi connectivity index (χ3v) is 5.35. The lowest BCUT2D eigenvalue weighted by Crippen LogP contribution is -2.14. The highest BCUT2D eigenvalue weighted by atomic mass is 32.2. The summed E-state index contributed by atoms with van der Waals surface area (Å²) in [7, 11) is -2.32. The second-order valence-corrected chi connectivity index (χ2v) is 8.04. The van der Waals surface area contributed by atoms with Gasteiger partial charge in [-0.25, -0.2) is 13.6 Å². The van der Waals surface area contributed by atoms with E-state index in [2.05, 4.69) is 10.5 Å². The molecule has 1 heterocycles. The summed E-state index contributed by atoms with van der Waals surface area (Å²) >= 11 is 0. The molecule has 0 fully saturated rings. The van der Waals surface area contributed by atoms with Gasteiger partial charge < -0.3 is 19.3 Å². The minimum absolute atomic E-state index is 0.0398. The summed E-state index contributed by atoms with van der Waals surface area (Å²) in [4.78, 5) is 12.5. The molecule has 0 saturated carbocycles. The summed E-state index contributed by atoms with van der Waals surface area (Å²) in [6.07, 6.45) is 0. The summed E-state index contributed by atoms with van der Waals surface area (Å²) < 4.78 is 38.9. The highest BCUT2D eigenvalue weighted by molar-refractivity contribution is 7.89. The second-order valence-electron chi connectivity index (χ2n) is 6.48. The van der Waals surface area contributed by atoms with Crippen LogP contribution < -0.4 is 19.9 Å². The quantitative estimate of drug-likeness (QED) is 0.587. The number of nitrogens with zero attached hydrogens (tertiary/aromatic N) is 1. The van der Waals surface area contributed by atoms with Crippen LogP contribution in [-0.2, 0) is 16.6 Å². The van der Waals surface area contributed by atoms with Crippen LogP contribution in [0.2, 0.25) is 0 Å². The van der Waals surface area contributed by atoms with Crippen LogP contribution in [0.4, 0.5) is 5.69 Å². The van der Waals surface area contributed by atoms with Gasteiger partial charge in [0, 0.05) is 11.3 Å². The molecule has 0 aliphatic carbocycles. The molecule has 0 aliphatic heterocycles. The van der Waals surface area contributed by atoms with Crippen molar-refractivity contribution in [3.8, 4) is 11.5 Å². The number of carbonyl (C=O) groups excluding carboxylic acids is 1. The first-order valence-corrected chi connectivity index (χ1v) is 10.4. The maximum atomic E-state index is 12.5. The molecule has 0 unspecified atom stereocenters. The smallest absolute Gasteiger partial charge is 0.255 e. The second kappa shape index (κ2) is 8.56. The standard InChI is InChI=1S/C20H21N3O6S/c1-12-17(13(2)29-23-12)11-28-18-9-4-14(10-19(18)27-3)20(24)22-15-5-7-16(8-6-15)30(21,25)26/h4-10H,11H2,1-3H3,(H,22,24)(H2,21,25,26). The van der Waals surface area contributed by atoms with E-state index >= 15 is 0 Å². The molecule has 0 saturated heterocycles. The highest BCUT2D eigenvalue weighted by Crippen LogP contribution is 2.30. The number of methoxy groups -OCH3 is 1. The van der Waals surface area contributed by atoms with Gasteiger partial charge in [0.25, 0.3) is 5.91 Å². The Morgan fingerprint density at radius 2 is 1.83 bits per heavy atom. The Kier molecular flexibility index (Phi) is 6.09. The molecule has 3 N–H and O–H groups in total. The molecule has 2 aromatic carbocycles. The summed E-state index contributed by atoms with van der Waals surface area (Å²) in [5.41, 5.74) is 2.36. The first-order chi connectivity index (χ1) is 14.2. The van der Waals surface area contributed by atoms with Crippen molar-refractivity contribution < 1.29 is 27.2 Å². The minimum atomic E-state index is -3.79. The molecule has 30 heavy (non-hydrogen) atoms. The van der Waals surface area contributed by atoms with Gasteiger partial charge in [0.15, 0.2) is 11.5 Å². The van der Waals surface area contributed by atoms with Crippen molar-refractivity contribution in [1.29, 1.82) is 0 Å². The number of primary sulfonamides is 1. The SMILES string of the molecule is COc1cc(C(=O)Nc2ccc(S(N)(=O)=O)cc2)ccc1OCc1c(C)noc1C. The Balaban J connectivity index is 1.72. The van der Waals surface area contributed by atoms with Crippen molar-refractivity contribution in [3.05, 3.63) is 65.0 Å². The van der Waals surface area contributed by atoms with Crippen molar-refractivity contribution in [1.82, 2.24) is 5.16 Å². The maximum Gasteiger partial charge on any atom is 0.255 e. The van der Waals surface area contributed by atoms with Crippen LogP contribution in [0.15, 0.2) is 51.9 Å². The van der Waals surface area contributed by atoms with Crippen LogP contribution >= 0.6 is 0 Å². The van der Waals surface area contributed by atoms with Crippen molar-refractivity contribution in [2.24, 2.45) is 5.14 Å². The molecule has 10 heteroatoms. The molecule has 9 nitrogen and oxygen atoms in total. The predicted octanol–water partition coefficient (Wildman–Crippen LogP) is 2.78. The number of benzene rings is 2. The largest absolute Gasteiger partial charge is 0.493 e. The van der Waals surface area contributed by atoms with Gasteiger partial charge in [-0.05, 0) is 56.3 Å². The zero-order valence-electron chi connectivity index (χ0n) is 16.6. The molecule has 1 amide bonds. The lowest BCUT2D eigenvalue weighted by atomic mass is 10.1. The van der Waals surface area contributed by atoms with E-state index in [4.69, 9.17) is 19.1 Å². The van der Waals surface area contributed by atoms with E-state index in [9.17, 15) is 13.2 Å². The zero-order chi connectivity index (χ0) is 21.9. The van der Waals surface area contributed by atoms with Crippen molar-refractivity contribution in [3.63, 3.8) is 0 Å². The van der Waals surface area contributed by atoms with Gasteiger partial charge in [-0.1, -0.05) is 5.16 Å². The first kappa shape index (κ1) is 21.3. The topological polar surface area (TPSA) is 134 Å². The Morgan fingerprint density at radius 1 is 1.13 bits per heavy atom. The van der Waals surface area contributed by atoms with E-state index < -0.39 is 15.9 Å². The molecule has 0 aliphatic rings. The number of sulfonamides is 1. The first-order valence-electron chi connectivity index (χ1n) is 8.86. The molecule has 3 rings (SSSR count). The number of amides is 1. The zero-order valence-corrected chi connectivity index (χ0v) is 17.4. The summed E-state index contributed by atoms with van der Waals surface area (Å²) in [5, 5.41) is 11.6. The van der Waals surface area contributed by atoms with E-state index in [1.165, 1.54) is 31.4 Å². The van der Waals surface area contributed by atoms with E-state index in [0.29, 0.717) is 28.5 Å². The van der Waals surface area contributed by atoms with Gasteiger partial charge in [-0.3, -0.25) is 4.79 Å². The van der Waals surface area contributed by atoms with E-state index in [1.807, 2.05) is 6.92 Å². The Hall–Kier alpha value is -3.37. The number of rotatable bonds is 7. The third-order valence-electron chi connectivity index (χ3n) is 4.42. The Bertz CT molecular complexity index is 1150. The van der Waals surface area contributed by atoms with Crippen LogP contribution in [0, 0.1) is 13.8 Å². The molecule has 0 radical (unpaired) electrons. The summed E-state index contributed by atoms with van der Waals surface area (Å²) in [6, 6.07) is 10.3. The van der Waals surface area contributed by atoms with Crippen molar-refractivity contribution >= 4 is 21.6 Å². The number of carbonyl (C=O) groups is 1. The lowest BCUT2D eigenvalue weighted by molar-refractivity contribution is 0.102. The number of ether oxygens (including phenoxy) is 2. The fraction of sp³-hybridized carbons (Fsp3) is 0.200. The molecule has 0 atom stereocenters. The van der Waals surface area contributed by atoms with Crippen molar-refractivity contribution in [2.75, 3.05) is 12.4 Å². The van der Waals surface area contributed by atoms with Gasteiger partial charge >= 0.3 is 0 Å². The number of aromatic nitrogens is 1. The fourth-order valence-corrected chi connectivity index (χ4v) is 3.23. The van der Waals surface area contributed by atoms with Gasteiger partial charge in [0.1, 0.15) is 12.4 Å². The normalized spacial score (nSPS) is 11.2. The number of nitrogens with one attached hydrogen (secondary N) is 1. The van der Waals surface area contributed by atoms with Crippen LogP contribution in [0.3, 0.4) is 0 Å². The molecule has 0 spiro atoms. The summed E-state index contributed by atoms with van der Waals surface area (Å²) in [6.45, 7) is 3.88. The van der Waals surface area contributed by atoms with Gasteiger partial charge in [-0.2, -0.15) is 0 Å². The average Bonchev–Trinajstić information content (AvgIpc) is 3.03. The third kappa shape index (κ3) is 4.78. The Labute approximate surface area is 173 Å². The number of hydrogen-bond donors (Lipinski definition) is 2. The number of nitrogens with two attached hydrogens (primary N) is 1. The lowest BCUT2D eigenvalue weighted by Gasteiger charge is -2.12. The van der Waals surface area contributed by atoms with Gasteiger partial charge in [0.05, 0.1) is 23.3 Å². The molecule has 0 bridgehead atoms. The molecule has 158 valence electrons. The molecular weight excluding hydrogens is 410 g/mol. The highest BCUT2D eigenvalue weighted by Gasteiger charge is 2.15. The van der Waals surface area contributed by atoms with Crippen LogP contribution in [0.5, 0.6) is 11.5 Å². The Morgan fingerprint density at radius 3 is 2.40 bits per heavy atom. The molecule has 1 aromatic heterocycles. The number of anilines is 1. The predicted molar refractivity (Wildman–Crippen MR) is 109 cm³/mol. The molecule has 3 aromatic rings. The minimum Gasteiger partial charge on any atom is -0.493 e. The number of hydrogen-bond acceptors (Lipinski definition) is 7. The molecular formula is C20H21N3O6S. The van der Waals surface area contributed by atoms with E-state index in [1.54, 1.807) is 25.1 Å². The van der Waals surface area contributed by atoms with E-state index in [-0.39, 0.29) is 11.5 Å². The maximum absolute atomic E-state index is 12.5. The van der Waals surface area contributed by atoms with Gasteiger partial charge in [-0.15, -0.1) is 0 Å². The fourth-order valence-electron chi connectivity index (χ4n) is 2.72. The van der Waals surface area contributed by atoms with E-state index in [0.717, 1.165) is 11.3 Å². The van der Waals surface area contributed by atoms with Gasteiger partial charge in [0.2, 0.25) is 10.0 Å². The van der Waals surface area contributed by atoms with Crippen LogP contribution in [0.25, 0.3) is 0 Å².